The molecule has 1 aliphatic carbocycles. The van der Waals surface area contributed by atoms with E-state index in [1.54, 1.807) is 0 Å². The molecule has 0 aliphatic heterocycles. The van der Waals surface area contributed by atoms with Crippen LogP contribution in [0.2, 0.25) is 0 Å². The van der Waals surface area contributed by atoms with Crippen LogP contribution in [0.4, 0.5) is 0 Å². The predicted octanol–water partition coefficient (Wildman–Crippen LogP) is 3.79. The van der Waals surface area contributed by atoms with E-state index in [0.717, 1.165) is 12.5 Å². The van der Waals surface area contributed by atoms with Gasteiger partial charge in [-0.25, -0.2) is 0 Å². The van der Waals surface area contributed by atoms with Crippen molar-refractivity contribution in [1.82, 2.24) is 4.90 Å². The summed E-state index contributed by atoms with van der Waals surface area (Å²) in [6.45, 7) is 7.79. The molecular formula is C16H34N2. The van der Waals surface area contributed by atoms with E-state index in [1.165, 1.54) is 51.4 Å². The van der Waals surface area contributed by atoms with E-state index in [0.29, 0.717) is 6.04 Å². The number of hydrogen-bond acceptors (Lipinski definition) is 2. The van der Waals surface area contributed by atoms with Crippen LogP contribution in [-0.2, 0) is 0 Å². The second kappa shape index (κ2) is 7.49. The van der Waals surface area contributed by atoms with Crippen LogP contribution >= 0.6 is 0 Å². The lowest BCUT2D eigenvalue weighted by Gasteiger charge is -2.42. The van der Waals surface area contributed by atoms with E-state index in [4.69, 9.17) is 5.73 Å². The van der Waals surface area contributed by atoms with Crippen LogP contribution in [0.1, 0.15) is 72.1 Å². The van der Waals surface area contributed by atoms with E-state index in [1.807, 2.05) is 0 Å². The minimum Gasteiger partial charge on any atom is -0.329 e. The largest absolute Gasteiger partial charge is 0.329 e. The molecule has 18 heavy (non-hydrogen) atoms. The summed E-state index contributed by atoms with van der Waals surface area (Å²) in [5.74, 6) is 0.931. The summed E-state index contributed by atoms with van der Waals surface area (Å²) in [7, 11) is 2.28. The summed E-state index contributed by atoms with van der Waals surface area (Å²) < 4.78 is 0. The van der Waals surface area contributed by atoms with Crippen LogP contribution in [0.5, 0.6) is 0 Å². The number of likely N-dealkylation sites (N-methyl/N-ethyl adjacent to an activating group) is 1. The van der Waals surface area contributed by atoms with Crippen molar-refractivity contribution in [1.29, 1.82) is 0 Å². The van der Waals surface area contributed by atoms with Gasteiger partial charge in [0.2, 0.25) is 0 Å². The third-order valence-corrected chi connectivity index (χ3v) is 5.03. The van der Waals surface area contributed by atoms with Crippen molar-refractivity contribution < 1.29 is 0 Å². The topological polar surface area (TPSA) is 29.3 Å². The Balaban J connectivity index is 2.34. The van der Waals surface area contributed by atoms with Gasteiger partial charge in [0.15, 0.2) is 0 Å². The summed E-state index contributed by atoms with van der Waals surface area (Å²) in [4.78, 5) is 2.56. The maximum atomic E-state index is 6.07. The Morgan fingerprint density at radius 3 is 2.33 bits per heavy atom. The SMILES string of the molecule is CCCCCCCC(C)(CN)N(C)C(C)C1CC1. The first-order valence-corrected chi connectivity index (χ1v) is 7.98. The molecule has 0 heterocycles. The summed E-state index contributed by atoms with van der Waals surface area (Å²) >= 11 is 0. The molecule has 0 spiro atoms. The van der Waals surface area contributed by atoms with Gasteiger partial charge in [0.05, 0.1) is 0 Å². The fourth-order valence-corrected chi connectivity index (χ4v) is 2.92. The molecule has 2 nitrogen and oxygen atoms in total. The van der Waals surface area contributed by atoms with Gasteiger partial charge in [-0.3, -0.25) is 4.90 Å². The van der Waals surface area contributed by atoms with Gasteiger partial charge in [0.1, 0.15) is 0 Å². The predicted molar refractivity (Wildman–Crippen MR) is 80.8 cm³/mol. The number of nitrogens with zero attached hydrogens (tertiary/aromatic N) is 1. The fourth-order valence-electron chi connectivity index (χ4n) is 2.92. The average molecular weight is 254 g/mol. The molecule has 1 fully saturated rings. The summed E-state index contributed by atoms with van der Waals surface area (Å²) in [5.41, 5.74) is 6.27. The Bertz CT molecular complexity index is 225. The van der Waals surface area contributed by atoms with Gasteiger partial charge >= 0.3 is 0 Å². The standard InChI is InChI=1S/C16H34N2/c1-5-6-7-8-9-12-16(3,13-17)18(4)14(2)15-10-11-15/h14-15H,5-13,17H2,1-4H3. The molecule has 0 aromatic carbocycles. The molecule has 0 radical (unpaired) electrons. The van der Waals surface area contributed by atoms with E-state index < -0.39 is 0 Å². The number of nitrogens with two attached hydrogens (primary N) is 1. The van der Waals surface area contributed by atoms with Gasteiger partial charge in [0.25, 0.3) is 0 Å². The molecule has 1 rings (SSSR count). The third-order valence-electron chi connectivity index (χ3n) is 5.03. The molecule has 1 aliphatic rings. The van der Waals surface area contributed by atoms with E-state index in [9.17, 15) is 0 Å². The zero-order chi connectivity index (χ0) is 13.6. The van der Waals surface area contributed by atoms with Gasteiger partial charge in [0, 0.05) is 18.1 Å². The Hall–Kier alpha value is -0.0800. The quantitative estimate of drug-likeness (QED) is 0.601. The highest BCUT2D eigenvalue weighted by Crippen LogP contribution is 2.37. The molecule has 0 amide bonds. The lowest BCUT2D eigenvalue weighted by atomic mass is 9.90. The first-order valence-electron chi connectivity index (χ1n) is 7.98. The van der Waals surface area contributed by atoms with Crippen LogP contribution in [-0.4, -0.2) is 30.1 Å². The van der Waals surface area contributed by atoms with Gasteiger partial charge in [-0.05, 0) is 46.1 Å². The molecule has 0 bridgehead atoms. The number of rotatable bonds is 10. The van der Waals surface area contributed by atoms with Crippen molar-refractivity contribution in [2.45, 2.75) is 83.7 Å². The molecular weight excluding hydrogens is 220 g/mol. The molecule has 0 saturated heterocycles. The van der Waals surface area contributed by atoms with Crippen LogP contribution in [0.15, 0.2) is 0 Å². The van der Waals surface area contributed by atoms with Crippen LogP contribution in [0.25, 0.3) is 0 Å². The van der Waals surface area contributed by atoms with E-state index in [2.05, 4.69) is 32.7 Å². The number of unbranched alkanes of at least 4 members (excludes halogenated alkanes) is 4. The Morgan fingerprint density at radius 2 is 1.83 bits per heavy atom. The highest BCUT2D eigenvalue weighted by Gasteiger charge is 2.37. The lowest BCUT2D eigenvalue weighted by Crippen LogP contribution is -2.53. The maximum Gasteiger partial charge on any atom is 0.0303 e. The lowest BCUT2D eigenvalue weighted by molar-refractivity contribution is 0.0789. The monoisotopic (exact) mass is 254 g/mol. The normalized spacial score (nSPS) is 21.0. The molecule has 2 N–H and O–H groups in total. The molecule has 1 saturated carbocycles. The Morgan fingerprint density at radius 1 is 1.22 bits per heavy atom. The minimum atomic E-state index is 0.203. The smallest absolute Gasteiger partial charge is 0.0303 e. The fraction of sp³-hybridized carbons (Fsp3) is 1.00. The molecule has 2 atom stereocenters. The molecule has 2 unspecified atom stereocenters. The zero-order valence-corrected chi connectivity index (χ0v) is 13.0. The molecule has 2 heteroatoms. The van der Waals surface area contributed by atoms with Crippen LogP contribution in [0, 0.1) is 5.92 Å². The second-order valence-electron chi connectivity index (χ2n) is 6.55. The number of hydrogen-bond donors (Lipinski definition) is 1. The molecule has 108 valence electrons. The molecule has 0 aromatic heterocycles. The average Bonchev–Trinajstić information content (AvgIpc) is 3.20. The summed E-state index contributed by atoms with van der Waals surface area (Å²) in [6, 6.07) is 0.703. The first-order chi connectivity index (χ1) is 8.55. The Labute approximate surface area is 114 Å². The van der Waals surface area contributed by atoms with E-state index >= 15 is 0 Å². The second-order valence-corrected chi connectivity index (χ2v) is 6.55. The minimum absolute atomic E-state index is 0.203. The first kappa shape index (κ1) is 16.0. The van der Waals surface area contributed by atoms with Gasteiger partial charge in [-0.2, -0.15) is 0 Å². The maximum absolute atomic E-state index is 6.07. The van der Waals surface area contributed by atoms with Crippen LogP contribution < -0.4 is 5.73 Å². The van der Waals surface area contributed by atoms with Crippen molar-refractivity contribution in [3.63, 3.8) is 0 Å². The third kappa shape index (κ3) is 4.55. The zero-order valence-electron chi connectivity index (χ0n) is 13.0. The van der Waals surface area contributed by atoms with Crippen LogP contribution in [0.3, 0.4) is 0 Å². The highest BCUT2D eigenvalue weighted by molar-refractivity contribution is 4.93. The van der Waals surface area contributed by atoms with Gasteiger partial charge < -0.3 is 5.73 Å². The van der Waals surface area contributed by atoms with Crippen molar-refractivity contribution in [3.8, 4) is 0 Å². The summed E-state index contributed by atoms with van der Waals surface area (Å²) in [5, 5.41) is 0. The van der Waals surface area contributed by atoms with Crippen molar-refractivity contribution in [2.24, 2.45) is 11.7 Å². The van der Waals surface area contributed by atoms with E-state index in [-0.39, 0.29) is 5.54 Å². The highest BCUT2D eigenvalue weighted by atomic mass is 15.2. The van der Waals surface area contributed by atoms with Crippen molar-refractivity contribution >= 4 is 0 Å². The van der Waals surface area contributed by atoms with Crippen molar-refractivity contribution in [3.05, 3.63) is 0 Å². The Kier molecular flexibility index (Phi) is 6.65. The summed E-state index contributed by atoms with van der Waals surface area (Å²) in [6.07, 6.45) is 10.9. The van der Waals surface area contributed by atoms with Gasteiger partial charge in [-0.1, -0.05) is 39.0 Å². The van der Waals surface area contributed by atoms with Gasteiger partial charge in [-0.15, -0.1) is 0 Å². The van der Waals surface area contributed by atoms with Crippen molar-refractivity contribution in [2.75, 3.05) is 13.6 Å². The molecule has 0 aromatic rings.